The van der Waals surface area contributed by atoms with Crippen LogP contribution < -0.4 is 4.72 Å². The van der Waals surface area contributed by atoms with Gasteiger partial charge in [-0.15, -0.1) is 0 Å². The maximum atomic E-state index is 4.22. The largest absolute Gasteiger partial charge is 0.329 e. The molecule has 0 aliphatic carbocycles. The standard InChI is InChI=1S/C8H12N2S/c1-6-4-8(10-11-3)5-9-7(6)2/h4-5,10H,1-3H3. The number of hydrogen-bond acceptors (Lipinski definition) is 3. The molecule has 1 N–H and O–H groups in total. The number of hydrogen-bond donors (Lipinski definition) is 1. The minimum atomic E-state index is 1.07. The van der Waals surface area contributed by atoms with E-state index in [1.807, 2.05) is 19.4 Å². The zero-order valence-electron chi connectivity index (χ0n) is 7.01. The average Bonchev–Trinajstić information content (AvgIpc) is 1.98. The van der Waals surface area contributed by atoms with Gasteiger partial charge in [-0.3, -0.25) is 4.98 Å². The van der Waals surface area contributed by atoms with Crippen molar-refractivity contribution in [2.24, 2.45) is 0 Å². The number of anilines is 1. The SMILES string of the molecule is CSNc1cnc(C)c(C)c1. The summed E-state index contributed by atoms with van der Waals surface area (Å²) in [5.74, 6) is 0. The van der Waals surface area contributed by atoms with Crippen LogP contribution in [0, 0.1) is 13.8 Å². The Morgan fingerprint density at radius 1 is 1.45 bits per heavy atom. The number of aromatic nitrogens is 1. The van der Waals surface area contributed by atoms with Crippen molar-refractivity contribution in [3.63, 3.8) is 0 Å². The number of nitrogens with one attached hydrogen (secondary N) is 1. The van der Waals surface area contributed by atoms with Gasteiger partial charge < -0.3 is 4.72 Å². The Bertz CT molecular complexity index is 248. The van der Waals surface area contributed by atoms with Gasteiger partial charge in [0.05, 0.1) is 11.9 Å². The van der Waals surface area contributed by atoms with Crippen molar-refractivity contribution in [3.8, 4) is 0 Å². The lowest BCUT2D eigenvalue weighted by Gasteiger charge is -2.03. The van der Waals surface area contributed by atoms with E-state index in [1.54, 1.807) is 11.9 Å². The maximum Gasteiger partial charge on any atom is 0.0628 e. The number of pyridine rings is 1. The van der Waals surface area contributed by atoms with Crippen molar-refractivity contribution in [1.29, 1.82) is 0 Å². The van der Waals surface area contributed by atoms with Gasteiger partial charge in [0.15, 0.2) is 0 Å². The summed E-state index contributed by atoms with van der Waals surface area (Å²) < 4.78 is 3.13. The second-order valence-electron chi connectivity index (χ2n) is 2.43. The van der Waals surface area contributed by atoms with Crippen molar-refractivity contribution in [1.82, 2.24) is 4.98 Å². The topological polar surface area (TPSA) is 24.9 Å². The van der Waals surface area contributed by atoms with Gasteiger partial charge in [0, 0.05) is 11.9 Å². The van der Waals surface area contributed by atoms with Crippen molar-refractivity contribution in [2.45, 2.75) is 13.8 Å². The summed E-state index contributed by atoms with van der Waals surface area (Å²) in [4.78, 5) is 4.22. The van der Waals surface area contributed by atoms with Gasteiger partial charge in [0.1, 0.15) is 0 Å². The summed E-state index contributed by atoms with van der Waals surface area (Å²) in [5.41, 5.74) is 3.39. The van der Waals surface area contributed by atoms with Crippen LogP contribution in [0.3, 0.4) is 0 Å². The molecule has 0 saturated carbocycles. The number of nitrogens with zero attached hydrogens (tertiary/aromatic N) is 1. The van der Waals surface area contributed by atoms with Crippen molar-refractivity contribution < 1.29 is 0 Å². The van der Waals surface area contributed by atoms with E-state index >= 15 is 0 Å². The zero-order valence-corrected chi connectivity index (χ0v) is 7.83. The molecule has 0 aliphatic heterocycles. The smallest absolute Gasteiger partial charge is 0.0628 e. The molecule has 0 bridgehead atoms. The van der Waals surface area contributed by atoms with E-state index in [-0.39, 0.29) is 0 Å². The molecule has 0 aliphatic rings. The third kappa shape index (κ3) is 2.12. The molecular formula is C8H12N2S. The van der Waals surface area contributed by atoms with Crippen LogP contribution in [0.5, 0.6) is 0 Å². The van der Waals surface area contributed by atoms with Crippen LogP contribution in [0.15, 0.2) is 12.3 Å². The molecule has 60 valence electrons. The Hall–Kier alpha value is -0.700. The Balaban J connectivity index is 2.86. The van der Waals surface area contributed by atoms with Crippen LogP contribution in [-0.4, -0.2) is 11.2 Å². The summed E-state index contributed by atoms with van der Waals surface area (Å²) in [7, 11) is 0. The summed E-state index contributed by atoms with van der Waals surface area (Å²) in [6, 6.07) is 2.10. The Labute approximate surface area is 71.6 Å². The monoisotopic (exact) mass is 168 g/mol. The maximum absolute atomic E-state index is 4.22. The lowest BCUT2D eigenvalue weighted by atomic mass is 10.2. The van der Waals surface area contributed by atoms with Gasteiger partial charge in [0.2, 0.25) is 0 Å². The highest BCUT2D eigenvalue weighted by Gasteiger charge is 1.94. The normalized spacial score (nSPS) is 9.73. The predicted molar refractivity (Wildman–Crippen MR) is 50.8 cm³/mol. The fourth-order valence-electron chi connectivity index (χ4n) is 0.817. The summed E-state index contributed by atoms with van der Waals surface area (Å²) in [6.45, 7) is 4.08. The summed E-state index contributed by atoms with van der Waals surface area (Å²) in [5, 5.41) is 0. The Morgan fingerprint density at radius 2 is 2.18 bits per heavy atom. The van der Waals surface area contributed by atoms with Gasteiger partial charge in [-0.1, -0.05) is 11.9 Å². The minimum absolute atomic E-state index is 1.07. The van der Waals surface area contributed by atoms with Crippen LogP contribution in [-0.2, 0) is 0 Å². The molecule has 1 aromatic heterocycles. The molecule has 0 aromatic carbocycles. The molecule has 0 spiro atoms. The van der Waals surface area contributed by atoms with E-state index in [9.17, 15) is 0 Å². The van der Waals surface area contributed by atoms with Gasteiger partial charge in [-0.25, -0.2) is 0 Å². The van der Waals surface area contributed by atoms with Crippen LogP contribution >= 0.6 is 11.9 Å². The minimum Gasteiger partial charge on any atom is -0.329 e. The summed E-state index contributed by atoms with van der Waals surface area (Å²) >= 11 is 1.58. The van der Waals surface area contributed by atoms with E-state index in [1.165, 1.54) is 5.56 Å². The molecule has 11 heavy (non-hydrogen) atoms. The van der Waals surface area contributed by atoms with Crippen LogP contribution in [0.2, 0.25) is 0 Å². The first-order chi connectivity index (χ1) is 5.24. The highest BCUT2D eigenvalue weighted by molar-refractivity contribution is 7.99. The molecule has 0 unspecified atom stereocenters. The van der Waals surface area contributed by atoms with Crippen molar-refractivity contribution >= 4 is 17.6 Å². The highest BCUT2D eigenvalue weighted by atomic mass is 32.2. The quantitative estimate of drug-likeness (QED) is 0.686. The lowest BCUT2D eigenvalue weighted by molar-refractivity contribution is 1.15. The molecule has 3 heteroatoms. The zero-order chi connectivity index (χ0) is 8.27. The first-order valence-electron chi connectivity index (χ1n) is 3.46. The second kappa shape index (κ2) is 3.62. The molecular weight excluding hydrogens is 156 g/mol. The highest BCUT2D eigenvalue weighted by Crippen LogP contribution is 2.13. The van der Waals surface area contributed by atoms with Crippen molar-refractivity contribution in [2.75, 3.05) is 11.0 Å². The molecule has 1 heterocycles. The molecule has 1 aromatic rings. The van der Waals surface area contributed by atoms with Crippen LogP contribution in [0.25, 0.3) is 0 Å². The molecule has 0 amide bonds. The molecule has 2 nitrogen and oxygen atoms in total. The Morgan fingerprint density at radius 3 is 2.73 bits per heavy atom. The summed E-state index contributed by atoms with van der Waals surface area (Å²) in [6.07, 6.45) is 3.84. The van der Waals surface area contributed by atoms with E-state index < -0.39 is 0 Å². The first kappa shape index (κ1) is 8.40. The van der Waals surface area contributed by atoms with Crippen LogP contribution in [0.4, 0.5) is 5.69 Å². The second-order valence-corrected chi connectivity index (χ2v) is 3.04. The van der Waals surface area contributed by atoms with E-state index in [4.69, 9.17) is 0 Å². The molecule has 0 fully saturated rings. The average molecular weight is 168 g/mol. The van der Waals surface area contributed by atoms with Crippen LogP contribution in [0.1, 0.15) is 11.3 Å². The van der Waals surface area contributed by atoms with E-state index in [0.717, 1.165) is 11.4 Å². The van der Waals surface area contributed by atoms with Gasteiger partial charge in [-0.2, -0.15) is 0 Å². The molecule has 0 radical (unpaired) electrons. The fourth-order valence-corrected chi connectivity index (χ4v) is 1.16. The predicted octanol–water partition coefficient (Wildman–Crippen LogP) is 2.39. The molecule has 0 saturated heterocycles. The van der Waals surface area contributed by atoms with Crippen molar-refractivity contribution in [3.05, 3.63) is 23.5 Å². The third-order valence-corrected chi connectivity index (χ3v) is 2.00. The lowest BCUT2D eigenvalue weighted by Crippen LogP contribution is -1.90. The Kier molecular flexibility index (Phi) is 2.76. The number of rotatable bonds is 2. The first-order valence-corrected chi connectivity index (χ1v) is 4.68. The van der Waals surface area contributed by atoms with E-state index in [2.05, 4.69) is 22.7 Å². The van der Waals surface area contributed by atoms with Gasteiger partial charge in [0.25, 0.3) is 0 Å². The number of aryl methyl sites for hydroxylation is 2. The van der Waals surface area contributed by atoms with E-state index in [0.29, 0.717) is 0 Å². The fraction of sp³-hybridized carbons (Fsp3) is 0.375. The third-order valence-electron chi connectivity index (χ3n) is 1.56. The van der Waals surface area contributed by atoms with Gasteiger partial charge in [-0.05, 0) is 25.5 Å². The molecule has 0 atom stereocenters. The van der Waals surface area contributed by atoms with Gasteiger partial charge >= 0.3 is 0 Å². The molecule has 1 rings (SSSR count).